The van der Waals surface area contributed by atoms with Gasteiger partial charge in [0.2, 0.25) is 0 Å². The van der Waals surface area contributed by atoms with E-state index in [1.807, 2.05) is 0 Å². The van der Waals surface area contributed by atoms with Gasteiger partial charge in [-0.25, -0.2) is 18.5 Å². The van der Waals surface area contributed by atoms with E-state index >= 15 is 4.39 Å². The molecule has 0 aliphatic carbocycles. The molecule has 0 radical (unpaired) electrons. The van der Waals surface area contributed by atoms with Crippen LogP contribution in [0.15, 0.2) is 88.8 Å². The quantitative estimate of drug-likeness (QED) is 0.130. The molecular formula is C41H34F4N6O7. The Hall–Kier alpha value is -6.62. The summed E-state index contributed by atoms with van der Waals surface area (Å²) in [7, 11) is 1.51. The number of pyridine rings is 2. The van der Waals surface area contributed by atoms with Gasteiger partial charge in [-0.15, -0.1) is 0 Å². The van der Waals surface area contributed by atoms with Crippen molar-refractivity contribution >= 4 is 39.4 Å². The lowest BCUT2D eigenvalue weighted by Crippen LogP contribution is -2.53. The van der Waals surface area contributed by atoms with Gasteiger partial charge in [0.25, 0.3) is 11.5 Å². The molecule has 0 bridgehead atoms. The van der Waals surface area contributed by atoms with Crippen LogP contribution < -0.4 is 30.9 Å². The predicted molar refractivity (Wildman–Crippen MR) is 203 cm³/mol. The van der Waals surface area contributed by atoms with E-state index < -0.39 is 59.4 Å². The van der Waals surface area contributed by atoms with E-state index in [2.05, 4.69) is 15.3 Å². The molecule has 3 aromatic heterocycles. The van der Waals surface area contributed by atoms with Gasteiger partial charge in [0.1, 0.15) is 29.4 Å². The van der Waals surface area contributed by atoms with Crippen molar-refractivity contribution in [2.45, 2.75) is 38.0 Å². The zero-order chi connectivity index (χ0) is 40.9. The fourth-order valence-corrected chi connectivity index (χ4v) is 7.50. The van der Waals surface area contributed by atoms with E-state index in [1.54, 1.807) is 30.3 Å². The van der Waals surface area contributed by atoms with Crippen LogP contribution in [0.25, 0.3) is 27.5 Å². The Balaban J connectivity index is 1.16. The Morgan fingerprint density at radius 2 is 1.86 bits per heavy atom. The number of nitrogens with one attached hydrogen (secondary N) is 1. The average molecular weight is 799 g/mol. The van der Waals surface area contributed by atoms with Crippen molar-refractivity contribution in [1.29, 1.82) is 0 Å². The molecule has 298 valence electrons. The minimum absolute atomic E-state index is 0.00489. The van der Waals surface area contributed by atoms with Gasteiger partial charge in [0.15, 0.2) is 0 Å². The molecule has 13 nitrogen and oxygen atoms in total. The topological polar surface area (TPSA) is 147 Å². The molecule has 2 atom stereocenters. The van der Waals surface area contributed by atoms with Crippen molar-refractivity contribution < 1.29 is 41.4 Å². The lowest BCUT2D eigenvalue weighted by Gasteiger charge is -2.38. The Labute approximate surface area is 326 Å². The first-order chi connectivity index (χ1) is 27.8. The number of alkyl halides is 3. The molecule has 2 aliphatic heterocycles. The lowest BCUT2D eigenvalue weighted by molar-refractivity contribution is -0.167. The molecule has 0 saturated carbocycles. The standard InChI is InChI=1S/C41H34F4N6O7/c1-22-16-25(50-13-15-56-21-34(50)41(43,44)45)19-29(42)35(22)37(52)48-30(39(54)58-26-6-8-33-24(17-26)10-14-57-33)18-23-5-7-31(36-27(23)4-3-11-47-36)51-38(53)28-9-12-46-20-32(28)49(2)40(51)55/h3-9,11-12,16-17,19-20,30,34H,10,13-15,18,21H2,1-2H3,(H,48,52)/t30?,34-/m1/s1. The fraction of sp³-hybridized carbons (Fsp3) is 0.268. The summed E-state index contributed by atoms with van der Waals surface area (Å²) >= 11 is 0. The van der Waals surface area contributed by atoms with E-state index in [1.165, 1.54) is 61.4 Å². The van der Waals surface area contributed by atoms with Crippen molar-refractivity contribution in [3.8, 4) is 17.2 Å². The Kier molecular flexibility index (Phi) is 9.92. The van der Waals surface area contributed by atoms with Crippen LogP contribution in [0.4, 0.5) is 23.2 Å². The number of hydrogen-bond acceptors (Lipinski definition) is 10. The second kappa shape index (κ2) is 15.0. The summed E-state index contributed by atoms with van der Waals surface area (Å²) in [6.45, 7) is 1.06. The third kappa shape index (κ3) is 7.01. The number of amides is 1. The molecule has 1 saturated heterocycles. The van der Waals surface area contributed by atoms with E-state index in [0.29, 0.717) is 35.2 Å². The molecule has 58 heavy (non-hydrogen) atoms. The number of halogens is 4. The number of fused-ring (bicyclic) bond motifs is 3. The summed E-state index contributed by atoms with van der Waals surface area (Å²) in [6.07, 6.45) is 0.0470. The maximum atomic E-state index is 15.9. The summed E-state index contributed by atoms with van der Waals surface area (Å²) in [5, 5.41) is 3.28. The number of hydrogen-bond donors (Lipinski definition) is 1. The van der Waals surface area contributed by atoms with Crippen molar-refractivity contribution in [1.82, 2.24) is 24.4 Å². The summed E-state index contributed by atoms with van der Waals surface area (Å²) in [4.78, 5) is 64.8. The summed E-state index contributed by atoms with van der Waals surface area (Å²) in [5.74, 6) is -2.19. The van der Waals surface area contributed by atoms with Crippen LogP contribution >= 0.6 is 0 Å². The highest BCUT2D eigenvalue weighted by Crippen LogP contribution is 2.34. The molecule has 5 heterocycles. The van der Waals surface area contributed by atoms with Crippen LogP contribution in [0.1, 0.15) is 27.0 Å². The highest BCUT2D eigenvalue weighted by atomic mass is 19.4. The smallest absolute Gasteiger partial charge is 0.411 e. The second-order valence-electron chi connectivity index (χ2n) is 14.0. The Bertz CT molecular complexity index is 2730. The van der Waals surface area contributed by atoms with E-state index in [0.717, 1.165) is 21.1 Å². The number of aromatic nitrogens is 4. The highest BCUT2D eigenvalue weighted by Gasteiger charge is 2.46. The summed E-state index contributed by atoms with van der Waals surface area (Å²) in [6, 6.07) is 11.4. The summed E-state index contributed by atoms with van der Waals surface area (Å²) in [5.41, 5.74) is 0.234. The van der Waals surface area contributed by atoms with Crippen LogP contribution in [0, 0.1) is 12.7 Å². The average Bonchev–Trinajstić information content (AvgIpc) is 3.68. The normalized spacial score (nSPS) is 15.9. The first-order valence-electron chi connectivity index (χ1n) is 18.2. The number of carbonyl (C=O) groups excluding carboxylic acids is 2. The minimum Gasteiger partial charge on any atom is -0.493 e. The lowest BCUT2D eigenvalue weighted by atomic mass is 9.99. The van der Waals surface area contributed by atoms with Gasteiger partial charge in [-0.1, -0.05) is 12.1 Å². The van der Waals surface area contributed by atoms with E-state index in [9.17, 15) is 32.3 Å². The molecule has 1 amide bonds. The van der Waals surface area contributed by atoms with Gasteiger partial charge in [-0.2, -0.15) is 13.2 Å². The van der Waals surface area contributed by atoms with Crippen LogP contribution in [0.5, 0.6) is 11.5 Å². The number of morpholine rings is 1. The minimum atomic E-state index is -4.66. The third-order valence-corrected chi connectivity index (χ3v) is 10.4. The Morgan fingerprint density at radius 1 is 1.03 bits per heavy atom. The highest BCUT2D eigenvalue weighted by molar-refractivity contribution is 5.99. The molecule has 2 aliphatic rings. The van der Waals surface area contributed by atoms with Gasteiger partial charge in [-0.05, 0) is 66.6 Å². The maximum Gasteiger partial charge on any atom is 0.411 e. The van der Waals surface area contributed by atoms with Gasteiger partial charge in [-0.3, -0.25) is 24.1 Å². The number of rotatable bonds is 8. The SMILES string of the molecule is Cc1cc(N2CCOC[C@@H]2C(F)(F)F)cc(F)c1C(=O)NC(Cc1ccc(-n2c(=O)c3ccncc3n(C)c2=O)c2ncccc12)C(=O)Oc1ccc2c(c1)CCO2. The molecule has 17 heteroatoms. The van der Waals surface area contributed by atoms with Crippen molar-refractivity contribution in [2.24, 2.45) is 7.05 Å². The van der Waals surface area contributed by atoms with Gasteiger partial charge in [0.05, 0.1) is 53.7 Å². The zero-order valence-corrected chi connectivity index (χ0v) is 31.0. The van der Waals surface area contributed by atoms with E-state index in [4.69, 9.17) is 14.2 Å². The van der Waals surface area contributed by atoms with Crippen molar-refractivity contribution in [3.05, 3.63) is 128 Å². The van der Waals surface area contributed by atoms with Crippen molar-refractivity contribution in [3.63, 3.8) is 0 Å². The second-order valence-corrected chi connectivity index (χ2v) is 14.0. The number of carbonyl (C=O) groups is 2. The van der Waals surface area contributed by atoms with Crippen LogP contribution in [0.3, 0.4) is 0 Å². The predicted octanol–water partition coefficient (Wildman–Crippen LogP) is 4.73. The zero-order valence-electron chi connectivity index (χ0n) is 31.0. The monoisotopic (exact) mass is 798 g/mol. The number of benzene rings is 3. The van der Waals surface area contributed by atoms with Gasteiger partial charge < -0.3 is 24.4 Å². The molecule has 6 aromatic rings. The number of anilines is 1. The number of nitrogens with zero attached hydrogens (tertiary/aromatic N) is 5. The van der Waals surface area contributed by atoms with Crippen LogP contribution in [0.2, 0.25) is 0 Å². The van der Waals surface area contributed by atoms with Gasteiger partial charge >= 0.3 is 17.8 Å². The molecule has 3 aromatic carbocycles. The first kappa shape index (κ1) is 38.3. The molecular weight excluding hydrogens is 764 g/mol. The fourth-order valence-electron chi connectivity index (χ4n) is 7.50. The molecule has 1 fully saturated rings. The third-order valence-electron chi connectivity index (χ3n) is 10.4. The van der Waals surface area contributed by atoms with Crippen LogP contribution in [-0.4, -0.2) is 75.6 Å². The molecule has 8 rings (SSSR count). The Morgan fingerprint density at radius 3 is 2.66 bits per heavy atom. The molecule has 1 N–H and O–H groups in total. The summed E-state index contributed by atoms with van der Waals surface area (Å²) < 4.78 is 76.1. The largest absolute Gasteiger partial charge is 0.493 e. The van der Waals surface area contributed by atoms with Crippen molar-refractivity contribution in [2.75, 3.05) is 31.3 Å². The first-order valence-corrected chi connectivity index (χ1v) is 18.2. The molecule has 1 unspecified atom stereocenters. The maximum absolute atomic E-state index is 15.9. The number of ether oxygens (including phenoxy) is 3. The van der Waals surface area contributed by atoms with E-state index in [-0.39, 0.29) is 53.2 Å². The van der Waals surface area contributed by atoms with Gasteiger partial charge in [0, 0.05) is 55.5 Å². The number of aryl methyl sites for hydroxylation is 2. The van der Waals surface area contributed by atoms with Crippen LogP contribution in [-0.2, 0) is 29.4 Å². The number of esters is 1. The molecule has 0 spiro atoms.